The lowest BCUT2D eigenvalue weighted by atomic mass is 10.1. The Labute approximate surface area is 118 Å². The largest absolute Gasteiger partial charge is 0.497 e. The van der Waals surface area contributed by atoms with Crippen molar-refractivity contribution >= 4 is 11.9 Å². The van der Waals surface area contributed by atoms with Gasteiger partial charge in [0.2, 0.25) is 5.91 Å². The van der Waals surface area contributed by atoms with Crippen molar-refractivity contribution in [1.82, 2.24) is 10.6 Å². The molecule has 0 fully saturated rings. The van der Waals surface area contributed by atoms with Crippen molar-refractivity contribution in [2.24, 2.45) is 0 Å². The van der Waals surface area contributed by atoms with Gasteiger partial charge >= 0.3 is 5.97 Å². The Morgan fingerprint density at radius 3 is 2.70 bits per heavy atom. The topological polar surface area (TPSA) is 87.7 Å². The Bertz CT molecular complexity index is 462. The summed E-state index contributed by atoms with van der Waals surface area (Å²) in [6.07, 6.45) is 0.660. The molecule has 0 aliphatic carbocycles. The van der Waals surface area contributed by atoms with Crippen LogP contribution >= 0.6 is 0 Å². The van der Waals surface area contributed by atoms with Crippen LogP contribution in [0.2, 0.25) is 0 Å². The van der Waals surface area contributed by atoms with Gasteiger partial charge in [-0.25, -0.2) is 0 Å². The van der Waals surface area contributed by atoms with Gasteiger partial charge in [0.25, 0.3) is 0 Å². The summed E-state index contributed by atoms with van der Waals surface area (Å²) < 4.78 is 5.09. The zero-order valence-corrected chi connectivity index (χ0v) is 11.7. The summed E-state index contributed by atoms with van der Waals surface area (Å²) in [4.78, 5) is 22.0. The smallest absolute Gasteiger partial charge is 0.325 e. The number of amides is 1. The van der Waals surface area contributed by atoms with E-state index in [1.807, 2.05) is 0 Å². The molecular formula is C14H20N2O4. The van der Waals surface area contributed by atoms with E-state index >= 15 is 0 Å². The third-order valence-electron chi connectivity index (χ3n) is 2.75. The molecule has 3 N–H and O–H groups in total. The number of carboxylic acid groups (broad SMARTS) is 1. The van der Waals surface area contributed by atoms with Crippen LogP contribution in [-0.4, -0.2) is 37.2 Å². The van der Waals surface area contributed by atoms with Gasteiger partial charge in [-0.2, -0.15) is 0 Å². The van der Waals surface area contributed by atoms with E-state index in [1.54, 1.807) is 24.3 Å². The van der Waals surface area contributed by atoms with E-state index in [0.717, 1.165) is 0 Å². The van der Waals surface area contributed by atoms with Gasteiger partial charge in [-0.15, -0.1) is 0 Å². The van der Waals surface area contributed by atoms with Crippen LogP contribution in [0.4, 0.5) is 0 Å². The Morgan fingerprint density at radius 1 is 1.35 bits per heavy atom. The summed E-state index contributed by atoms with van der Waals surface area (Å²) in [5.74, 6) is -0.417. The van der Waals surface area contributed by atoms with Crippen molar-refractivity contribution < 1.29 is 19.4 Å². The van der Waals surface area contributed by atoms with Crippen LogP contribution in [0.15, 0.2) is 24.3 Å². The Morgan fingerprint density at radius 2 is 2.10 bits per heavy atom. The predicted molar refractivity (Wildman–Crippen MR) is 74.7 cm³/mol. The fourth-order valence-corrected chi connectivity index (χ4v) is 1.77. The standard InChI is InChI=1S/C14H20N2O4/c1-10(17)15-7-4-8-16-13(14(18)19)11-5-3-6-12(9-11)20-2/h3,5-6,9,13,16H,4,7-8H2,1-2H3,(H,15,17)(H,18,19). The summed E-state index contributed by atoms with van der Waals surface area (Å²) in [6, 6.07) is 6.16. The number of nitrogens with one attached hydrogen (secondary N) is 2. The molecule has 0 aromatic heterocycles. The van der Waals surface area contributed by atoms with E-state index in [2.05, 4.69) is 10.6 Å². The minimum absolute atomic E-state index is 0.0902. The second kappa shape index (κ2) is 8.16. The molecule has 1 atom stereocenters. The fourth-order valence-electron chi connectivity index (χ4n) is 1.77. The van der Waals surface area contributed by atoms with E-state index in [0.29, 0.717) is 30.8 Å². The summed E-state index contributed by atoms with van der Waals surface area (Å²) in [7, 11) is 1.54. The molecule has 1 aromatic rings. The van der Waals surface area contributed by atoms with E-state index in [1.165, 1.54) is 14.0 Å². The maximum absolute atomic E-state index is 11.3. The van der Waals surface area contributed by atoms with Crippen LogP contribution in [0, 0.1) is 0 Å². The van der Waals surface area contributed by atoms with Gasteiger partial charge in [-0.3, -0.25) is 9.59 Å². The van der Waals surface area contributed by atoms with Crippen LogP contribution < -0.4 is 15.4 Å². The molecule has 0 saturated heterocycles. The minimum atomic E-state index is -0.946. The van der Waals surface area contributed by atoms with Crippen molar-refractivity contribution in [3.63, 3.8) is 0 Å². The summed E-state index contributed by atoms with van der Waals surface area (Å²) in [5, 5.41) is 14.9. The molecule has 0 aliphatic rings. The van der Waals surface area contributed by atoms with Crippen LogP contribution in [-0.2, 0) is 9.59 Å². The first-order chi connectivity index (χ1) is 9.54. The highest BCUT2D eigenvalue weighted by Gasteiger charge is 2.19. The maximum atomic E-state index is 11.3. The molecular weight excluding hydrogens is 260 g/mol. The zero-order chi connectivity index (χ0) is 15.0. The SMILES string of the molecule is COc1cccc(C(NCCCNC(C)=O)C(=O)O)c1. The van der Waals surface area contributed by atoms with Gasteiger partial charge in [0.1, 0.15) is 11.8 Å². The fraction of sp³-hybridized carbons (Fsp3) is 0.429. The quantitative estimate of drug-likeness (QED) is 0.617. The van der Waals surface area contributed by atoms with Gasteiger partial charge in [0, 0.05) is 13.5 Å². The van der Waals surface area contributed by atoms with Crippen LogP contribution in [0.1, 0.15) is 24.9 Å². The molecule has 110 valence electrons. The Hall–Kier alpha value is -2.08. The molecule has 0 saturated carbocycles. The second-order valence-corrected chi connectivity index (χ2v) is 4.34. The van der Waals surface area contributed by atoms with E-state index < -0.39 is 12.0 Å². The van der Waals surface area contributed by atoms with Gasteiger partial charge in [0.05, 0.1) is 7.11 Å². The predicted octanol–water partition coefficient (Wildman–Crippen LogP) is 0.937. The molecule has 6 heteroatoms. The highest BCUT2D eigenvalue weighted by Crippen LogP contribution is 2.19. The molecule has 6 nitrogen and oxygen atoms in total. The number of aliphatic carboxylic acids is 1. The van der Waals surface area contributed by atoms with Crippen molar-refractivity contribution in [3.8, 4) is 5.75 Å². The molecule has 1 unspecified atom stereocenters. The van der Waals surface area contributed by atoms with E-state index in [4.69, 9.17) is 4.74 Å². The number of hydrogen-bond acceptors (Lipinski definition) is 4. The zero-order valence-electron chi connectivity index (χ0n) is 11.7. The number of carbonyl (C=O) groups is 2. The lowest BCUT2D eigenvalue weighted by molar-refractivity contribution is -0.139. The highest BCUT2D eigenvalue weighted by molar-refractivity contribution is 5.75. The number of hydrogen-bond donors (Lipinski definition) is 3. The van der Waals surface area contributed by atoms with Crippen LogP contribution in [0.5, 0.6) is 5.75 Å². The van der Waals surface area contributed by atoms with Crippen molar-refractivity contribution in [3.05, 3.63) is 29.8 Å². The first-order valence-corrected chi connectivity index (χ1v) is 6.39. The minimum Gasteiger partial charge on any atom is -0.497 e. The first kappa shape index (κ1) is 16.0. The second-order valence-electron chi connectivity index (χ2n) is 4.34. The van der Waals surface area contributed by atoms with Crippen molar-refractivity contribution in [1.29, 1.82) is 0 Å². The van der Waals surface area contributed by atoms with Gasteiger partial charge in [-0.05, 0) is 30.7 Å². The van der Waals surface area contributed by atoms with Gasteiger partial charge in [-0.1, -0.05) is 12.1 Å². The molecule has 20 heavy (non-hydrogen) atoms. The van der Waals surface area contributed by atoms with Crippen molar-refractivity contribution in [2.75, 3.05) is 20.2 Å². The van der Waals surface area contributed by atoms with Gasteiger partial charge in [0.15, 0.2) is 0 Å². The molecule has 1 amide bonds. The van der Waals surface area contributed by atoms with E-state index in [9.17, 15) is 14.7 Å². The summed E-state index contributed by atoms with van der Waals surface area (Å²) >= 11 is 0. The molecule has 1 aromatic carbocycles. The number of methoxy groups -OCH3 is 1. The van der Waals surface area contributed by atoms with Crippen LogP contribution in [0.3, 0.4) is 0 Å². The molecule has 0 aliphatic heterocycles. The van der Waals surface area contributed by atoms with Crippen LogP contribution in [0.25, 0.3) is 0 Å². The normalized spacial score (nSPS) is 11.7. The van der Waals surface area contributed by atoms with Crippen molar-refractivity contribution in [2.45, 2.75) is 19.4 Å². The molecule has 1 rings (SSSR count). The van der Waals surface area contributed by atoms with E-state index in [-0.39, 0.29) is 5.91 Å². The highest BCUT2D eigenvalue weighted by atomic mass is 16.5. The number of benzene rings is 1. The third-order valence-corrected chi connectivity index (χ3v) is 2.75. The molecule has 0 spiro atoms. The lowest BCUT2D eigenvalue weighted by Gasteiger charge is -2.15. The average Bonchev–Trinajstić information content (AvgIpc) is 2.42. The molecule has 0 radical (unpaired) electrons. The summed E-state index contributed by atoms with van der Waals surface area (Å²) in [6.45, 7) is 2.46. The average molecular weight is 280 g/mol. The maximum Gasteiger partial charge on any atom is 0.325 e. The number of rotatable bonds is 8. The monoisotopic (exact) mass is 280 g/mol. The van der Waals surface area contributed by atoms with Gasteiger partial charge < -0.3 is 20.5 Å². The first-order valence-electron chi connectivity index (χ1n) is 6.39. The number of carboxylic acids is 1. The Balaban J connectivity index is 2.56. The lowest BCUT2D eigenvalue weighted by Crippen LogP contribution is -2.31. The third kappa shape index (κ3) is 5.27. The molecule has 0 bridgehead atoms. The summed E-state index contributed by atoms with van der Waals surface area (Å²) in [5.41, 5.74) is 0.636. The number of ether oxygens (including phenoxy) is 1. The molecule has 0 heterocycles. The Kier molecular flexibility index (Phi) is 6.52. The number of carbonyl (C=O) groups excluding carboxylic acids is 1.